The lowest BCUT2D eigenvalue weighted by Gasteiger charge is -2.25. The van der Waals surface area contributed by atoms with Crippen molar-refractivity contribution in [3.05, 3.63) is 29.8 Å². The van der Waals surface area contributed by atoms with Gasteiger partial charge in [-0.25, -0.2) is 0 Å². The van der Waals surface area contributed by atoms with E-state index in [0.29, 0.717) is 11.3 Å². The first kappa shape index (κ1) is 14.2. The van der Waals surface area contributed by atoms with Gasteiger partial charge in [0.2, 0.25) is 11.8 Å². The number of hydrogen-bond acceptors (Lipinski definition) is 3. The molecule has 5 N–H and O–H groups in total. The molecule has 0 spiro atoms. The van der Waals surface area contributed by atoms with Crippen molar-refractivity contribution in [3.8, 4) is 0 Å². The Morgan fingerprint density at radius 1 is 1.17 bits per heavy atom. The second-order valence-corrected chi connectivity index (χ2v) is 5.27. The number of rotatable bonds is 3. The number of nitrogens with two attached hydrogens (primary N) is 2. The third-order valence-electron chi connectivity index (χ3n) is 2.65. The maximum atomic E-state index is 11.9. The van der Waals surface area contributed by atoms with Crippen molar-refractivity contribution in [2.45, 2.75) is 26.8 Å². The molecule has 0 aromatic heterocycles. The second-order valence-electron chi connectivity index (χ2n) is 5.27. The number of hydrogen-bond donors (Lipinski definition) is 3. The highest BCUT2D eigenvalue weighted by Gasteiger charge is 2.27. The zero-order valence-electron chi connectivity index (χ0n) is 10.9. The molecule has 0 heterocycles. The second kappa shape index (κ2) is 5.18. The summed E-state index contributed by atoms with van der Waals surface area (Å²) in [5, 5.41) is 2.70. The summed E-state index contributed by atoms with van der Waals surface area (Å²) in [6.07, 6.45) is 0. The lowest BCUT2D eigenvalue weighted by Crippen LogP contribution is -2.45. The Hall–Kier alpha value is -1.88. The number of primary amides is 1. The normalized spacial score (nSPS) is 12.9. The Kier molecular flexibility index (Phi) is 4.08. The molecule has 1 unspecified atom stereocenters. The van der Waals surface area contributed by atoms with Crippen molar-refractivity contribution in [2.75, 3.05) is 5.32 Å². The zero-order valence-corrected chi connectivity index (χ0v) is 10.9. The predicted octanol–water partition coefficient (Wildman–Crippen LogP) is 1.10. The highest BCUT2D eigenvalue weighted by atomic mass is 16.2. The van der Waals surface area contributed by atoms with Crippen LogP contribution in [0, 0.1) is 5.41 Å². The number of benzene rings is 1. The summed E-state index contributed by atoms with van der Waals surface area (Å²) in [5.74, 6) is -0.756. The van der Waals surface area contributed by atoms with E-state index in [1.807, 2.05) is 20.8 Å². The van der Waals surface area contributed by atoms with E-state index in [4.69, 9.17) is 11.5 Å². The SMILES string of the molecule is CC(C)(C)C(N)C(=O)Nc1ccc(C(N)=O)cc1. The van der Waals surface area contributed by atoms with Crippen LogP contribution in [0.2, 0.25) is 0 Å². The van der Waals surface area contributed by atoms with Crippen LogP contribution < -0.4 is 16.8 Å². The lowest BCUT2D eigenvalue weighted by atomic mass is 9.87. The van der Waals surface area contributed by atoms with Gasteiger partial charge in [-0.05, 0) is 29.7 Å². The van der Waals surface area contributed by atoms with E-state index >= 15 is 0 Å². The Morgan fingerprint density at radius 2 is 1.67 bits per heavy atom. The molecule has 1 rings (SSSR count). The number of anilines is 1. The molecule has 0 radical (unpaired) electrons. The number of amides is 2. The summed E-state index contributed by atoms with van der Waals surface area (Å²) in [7, 11) is 0. The molecule has 1 aromatic carbocycles. The first-order valence-corrected chi connectivity index (χ1v) is 5.68. The molecule has 0 aliphatic heterocycles. The molecule has 1 atom stereocenters. The largest absolute Gasteiger partial charge is 0.366 e. The summed E-state index contributed by atoms with van der Waals surface area (Å²) < 4.78 is 0. The maximum Gasteiger partial charge on any atom is 0.248 e. The van der Waals surface area contributed by atoms with Gasteiger partial charge in [-0.1, -0.05) is 20.8 Å². The smallest absolute Gasteiger partial charge is 0.248 e. The van der Waals surface area contributed by atoms with Gasteiger partial charge in [0.1, 0.15) is 0 Å². The van der Waals surface area contributed by atoms with Crippen LogP contribution in [0.5, 0.6) is 0 Å². The minimum atomic E-state index is -0.603. The van der Waals surface area contributed by atoms with E-state index in [1.165, 1.54) is 0 Å². The zero-order chi connectivity index (χ0) is 13.9. The third-order valence-corrected chi connectivity index (χ3v) is 2.65. The fraction of sp³-hybridized carbons (Fsp3) is 0.385. The quantitative estimate of drug-likeness (QED) is 0.748. The fourth-order valence-electron chi connectivity index (χ4n) is 1.33. The van der Waals surface area contributed by atoms with Crippen molar-refractivity contribution in [3.63, 3.8) is 0 Å². The Bertz CT molecular complexity index is 446. The van der Waals surface area contributed by atoms with Crippen molar-refractivity contribution < 1.29 is 9.59 Å². The summed E-state index contributed by atoms with van der Waals surface area (Å²) in [4.78, 5) is 22.7. The van der Waals surface area contributed by atoms with Gasteiger partial charge in [-0.3, -0.25) is 9.59 Å². The molecule has 1 aromatic rings. The minimum absolute atomic E-state index is 0.255. The summed E-state index contributed by atoms with van der Waals surface area (Å²) in [6.45, 7) is 5.69. The molecule has 0 aliphatic rings. The lowest BCUT2D eigenvalue weighted by molar-refractivity contribution is -0.119. The molecule has 0 saturated carbocycles. The molecular formula is C13H19N3O2. The minimum Gasteiger partial charge on any atom is -0.366 e. The number of carbonyl (C=O) groups is 2. The van der Waals surface area contributed by atoms with E-state index in [1.54, 1.807) is 24.3 Å². The topological polar surface area (TPSA) is 98.2 Å². The first-order valence-electron chi connectivity index (χ1n) is 5.68. The van der Waals surface area contributed by atoms with Gasteiger partial charge in [0.05, 0.1) is 6.04 Å². The molecule has 0 saturated heterocycles. The van der Waals surface area contributed by atoms with Crippen molar-refractivity contribution in [1.82, 2.24) is 0 Å². The van der Waals surface area contributed by atoms with E-state index < -0.39 is 11.9 Å². The van der Waals surface area contributed by atoms with Gasteiger partial charge in [0.15, 0.2) is 0 Å². The highest BCUT2D eigenvalue weighted by molar-refractivity contribution is 5.96. The molecular weight excluding hydrogens is 230 g/mol. The Labute approximate surface area is 107 Å². The maximum absolute atomic E-state index is 11.9. The first-order chi connectivity index (χ1) is 8.21. The van der Waals surface area contributed by atoms with Crippen molar-refractivity contribution in [1.29, 1.82) is 0 Å². The van der Waals surface area contributed by atoms with Gasteiger partial charge in [-0.2, -0.15) is 0 Å². The van der Waals surface area contributed by atoms with E-state index in [-0.39, 0.29) is 11.3 Å². The average molecular weight is 249 g/mol. The van der Waals surface area contributed by atoms with Gasteiger partial charge >= 0.3 is 0 Å². The summed E-state index contributed by atoms with van der Waals surface area (Å²) in [6, 6.07) is 5.75. The summed E-state index contributed by atoms with van der Waals surface area (Å²) >= 11 is 0. The van der Waals surface area contributed by atoms with Gasteiger partial charge in [0, 0.05) is 11.3 Å². The van der Waals surface area contributed by atoms with Crippen LogP contribution in [-0.4, -0.2) is 17.9 Å². The molecule has 0 aliphatic carbocycles. The molecule has 5 nitrogen and oxygen atoms in total. The molecule has 0 bridgehead atoms. The van der Waals surface area contributed by atoms with Gasteiger partial charge in [-0.15, -0.1) is 0 Å². The van der Waals surface area contributed by atoms with Crippen LogP contribution in [0.1, 0.15) is 31.1 Å². The van der Waals surface area contributed by atoms with Gasteiger partial charge < -0.3 is 16.8 Å². The summed E-state index contributed by atoms with van der Waals surface area (Å²) in [5.41, 5.74) is 11.6. The third kappa shape index (κ3) is 3.56. The van der Waals surface area contributed by atoms with Crippen LogP contribution in [0.3, 0.4) is 0 Å². The monoisotopic (exact) mass is 249 g/mol. The van der Waals surface area contributed by atoms with Gasteiger partial charge in [0.25, 0.3) is 0 Å². The number of nitrogens with one attached hydrogen (secondary N) is 1. The fourth-order valence-corrected chi connectivity index (χ4v) is 1.33. The molecule has 2 amide bonds. The molecule has 18 heavy (non-hydrogen) atoms. The predicted molar refractivity (Wildman–Crippen MR) is 71.0 cm³/mol. The molecule has 5 heteroatoms. The van der Waals surface area contributed by atoms with Crippen LogP contribution in [0.25, 0.3) is 0 Å². The van der Waals surface area contributed by atoms with Crippen LogP contribution in [0.4, 0.5) is 5.69 Å². The van der Waals surface area contributed by atoms with Crippen LogP contribution in [0.15, 0.2) is 24.3 Å². The van der Waals surface area contributed by atoms with E-state index in [2.05, 4.69) is 5.32 Å². The van der Waals surface area contributed by atoms with E-state index in [9.17, 15) is 9.59 Å². The Balaban J connectivity index is 2.74. The molecule has 98 valence electrons. The average Bonchev–Trinajstić information content (AvgIpc) is 2.27. The van der Waals surface area contributed by atoms with Crippen molar-refractivity contribution >= 4 is 17.5 Å². The van der Waals surface area contributed by atoms with Crippen LogP contribution >= 0.6 is 0 Å². The van der Waals surface area contributed by atoms with E-state index in [0.717, 1.165) is 0 Å². The highest BCUT2D eigenvalue weighted by Crippen LogP contribution is 2.19. The molecule has 0 fully saturated rings. The standard InChI is InChI=1S/C13H19N3O2/c1-13(2,3)10(14)12(18)16-9-6-4-8(5-7-9)11(15)17/h4-7,10H,14H2,1-3H3,(H2,15,17)(H,16,18). The van der Waals surface area contributed by atoms with Crippen LogP contribution in [-0.2, 0) is 4.79 Å². The van der Waals surface area contributed by atoms with Crippen molar-refractivity contribution in [2.24, 2.45) is 16.9 Å². The Morgan fingerprint density at radius 3 is 2.06 bits per heavy atom. The number of carbonyl (C=O) groups excluding carboxylic acids is 2.